The Morgan fingerprint density at radius 1 is 1.29 bits per heavy atom. The fourth-order valence-corrected chi connectivity index (χ4v) is 4.19. The predicted molar refractivity (Wildman–Crippen MR) is 85.1 cm³/mol. The number of rotatable bonds is 3. The number of benzene rings is 1. The standard InChI is InChI=1S/C17H24ClFN2/c1-12(15-5-4-14(19)11-16(15)18)21-9-6-13(7-10-21)17-3-2-8-20-17/h4-5,11-13,17,20H,2-3,6-10H2,1H3. The van der Waals surface area contributed by atoms with Crippen LogP contribution in [0.3, 0.4) is 0 Å². The molecule has 1 N–H and O–H groups in total. The molecule has 0 aliphatic carbocycles. The number of halogens is 2. The molecule has 2 heterocycles. The van der Waals surface area contributed by atoms with Crippen LogP contribution in [0.15, 0.2) is 18.2 Å². The molecule has 116 valence electrons. The molecule has 2 saturated heterocycles. The molecule has 0 spiro atoms. The molecule has 2 fully saturated rings. The maximum atomic E-state index is 13.2. The molecule has 1 aromatic carbocycles. The van der Waals surface area contributed by atoms with Crippen molar-refractivity contribution in [2.24, 2.45) is 5.92 Å². The summed E-state index contributed by atoms with van der Waals surface area (Å²) >= 11 is 6.20. The minimum atomic E-state index is -0.262. The Balaban J connectivity index is 1.60. The molecule has 2 unspecified atom stereocenters. The summed E-state index contributed by atoms with van der Waals surface area (Å²) in [6.45, 7) is 5.58. The van der Waals surface area contributed by atoms with Crippen molar-refractivity contribution < 1.29 is 4.39 Å². The Morgan fingerprint density at radius 2 is 2.05 bits per heavy atom. The second-order valence-electron chi connectivity index (χ2n) is 6.42. The minimum Gasteiger partial charge on any atom is -0.314 e. The van der Waals surface area contributed by atoms with E-state index in [2.05, 4.69) is 17.1 Å². The monoisotopic (exact) mass is 310 g/mol. The Hall–Kier alpha value is -0.640. The summed E-state index contributed by atoms with van der Waals surface area (Å²) in [5, 5.41) is 4.18. The second-order valence-corrected chi connectivity index (χ2v) is 6.83. The van der Waals surface area contributed by atoms with Crippen molar-refractivity contribution in [1.82, 2.24) is 10.2 Å². The first-order valence-corrected chi connectivity index (χ1v) is 8.45. The first kappa shape index (κ1) is 15.3. The lowest BCUT2D eigenvalue weighted by Crippen LogP contribution is -2.41. The average molecular weight is 311 g/mol. The summed E-state index contributed by atoms with van der Waals surface area (Å²) in [5.74, 6) is 0.557. The maximum absolute atomic E-state index is 13.2. The van der Waals surface area contributed by atoms with Crippen LogP contribution in [0.2, 0.25) is 5.02 Å². The van der Waals surface area contributed by atoms with Crippen LogP contribution >= 0.6 is 11.6 Å². The number of hydrogen-bond donors (Lipinski definition) is 1. The van der Waals surface area contributed by atoms with E-state index in [-0.39, 0.29) is 11.9 Å². The Labute approximate surface area is 131 Å². The average Bonchev–Trinajstić information content (AvgIpc) is 3.01. The van der Waals surface area contributed by atoms with Gasteiger partial charge in [0.25, 0.3) is 0 Å². The van der Waals surface area contributed by atoms with Crippen LogP contribution in [0.25, 0.3) is 0 Å². The lowest BCUT2D eigenvalue weighted by Gasteiger charge is -2.38. The van der Waals surface area contributed by atoms with Gasteiger partial charge in [-0.15, -0.1) is 0 Å². The van der Waals surface area contributed by atoms with Crippen LogP contribution in [0.1, 0.15) is 44.2 Å². The van der Waals surface area contributed by atoms with Crippen molar-refractivity contribution in [3.8, 4) is 0 Å². The third kappa shape index (κ3) is 3.41. The third-order valence-corrected chi connectivity index (χ3v) is 5.53. The van der Waals surface area contributed by atoms with Gasteiger partial charge >= 0.3 is 0 Å². The molecule has 2 nitrogen and oxygen atoms in total. The van der Waals surface area contributed by atoms with Crippen LogP contribution in [0.4, 0.5) is 4.39 Å². The molecule has 1 aromatic rings. The lowest BCUT2D eigenvalue weighted by atomic mass is 9.87. The van der Waals surface area contributed by atoms with Gasteiger partial charge in [-0.3, -0.25) is 4.90 Å². The highest BCUT2D eigenvalue weighted by Crippen LogP contribution is 2.33. The predicted octanol–water partition coefficient (Wildman–Crippen LogP) is 4.00. The van der Waals surface area contributed by atoms with Gasteiger partial charge in [0.2, 0.25) is 0 Å². The minimum absolute atomic E-state index is 0.260. The smallest absolute Gasteiger partial charge is 0.124 e. The van der Waals surface area contributed by atoms with Gasteiger partial charge in [0.05, 0.1) is 0 Å². The van der Waals surface area contributed by atoms with E-state index in [0.717, 1.165) is 30.6 Å². The van der Waals surface area contributed by atoms with Crippen LogP contribution in [0, 0.1) is 11.7 Å². The first-order valence-electron chi connectivity index (χ1n) is 8.07. The molecule has 0 bridgehead atoms. The van der Waals surface area contributed by atoms with Crippen LogP contribution < -0.4 is 5.32 Å². The Morgan fingerprint density at radius 3 is 2.67 bits per heavy atom. The third-order valence-electron chi connectivity index (χ3n) is 5.20. The first-order chi connectivity index (χ1) is 10.1. The number of hydrogen-bond acceptors (Lipinski definition) is 2. The highest BCUT2D eigenvalue weighted by molar-refractivity contribution is 6.31. The normalized spacial score (nSPS) is 26.1. The van der Waals surface area contributed by atoms with Gasteiger partial charge in [0, 0.05) is 17.1 Å². The molecule has 2 aliphatic rings. The van der Waals surface area contributed by atoms with Gasteiger partial charge < -0.3 is 5.32 Å². The molecule has 2 atom stereocenters. The number of likely N-dealkylation sites (tertiary alicyclic amines) is 1. The van der Waals surface area contributed by atoms with Gasteiger partial charge in [-0.1, -0.05) is 17.7 Å². The molecular weight excluding hydrogens is 287 g/mol. The zero-order valence-corrected chi connectivity index (χ0v) is 13.4. The van der Waals surface area contributed by atoms with Crippen LogP contribution in [0.5, 0.6) is 0 Å². The molecule has 0 amide bonds. The van der Waals surface area contributed by atoms with Crippen molar-refractivity contribution in [2.45, 2.75) is 44.7 Å². The quantitative estimate of drug-likeness (QED) is 0.907. The number of nitrogens with one attached hydrogen (secondary N) is 1. The van der Waals surface area contributed by atoms with Gasteiger partial charge in [-0.05, 0) is 75.9 Å². The van der Waals surface area contributed by atoms with E-state index in [4.69, 9.17) is 11.6 Å². The van der Waals surface area contributed by atoms with Crippen LogP contribution in [-0.4, -0.2) is 30.6 Å². The summed E-state index contributed by atoms with van der Waals surface area (Å²) in [5.41, 5.74) is 1.04. The van der Waals surface area contributed by atoms with E-state index >= 15 is 0 Å². The van der Waals surface area contributed by atoms with E-state index in [1.54, 1.807) is 0 Å². The van der Waals surface area contributed by atoms with Crippen molar-refractivity contribution in [3.63, 3.8) is 0 Å². The molecule has 21 heavy (non-hydrogen) atoms. The van der Waals surface area contributed by atoms with E-state index < -0.39 is 0 Å². The van der Waals surface area contributed by atoms with Crippen molar-refractivity contribution >= 4 is 11.6 Å². The fraction of sp³-hybridized carbons (Fsp3) is 0.647. The zero-order valence-electron chi connectivity index (χ0n) is 12.6. The topological polar surface area (TPSA) is 15.3 Å². The van der Waals surface area contributed by atoms with Gasteiger partial charge in [-0.2, -0.15) is 0 Å². The largest absolute Gasteiger partial charge is 0.314 e. The highest BCUT2D eigenvalue weighted by atomic mass is 35.5. The fourth-order valence-electron chi connectivity index (χ4n) is 3.86. The summed E-state index contributed by atoms with van der Waals surface area (Å²) in [6, 6.07) is 5.75. The highest BCUT2D eigenvalue weighted by Gasteiger charge is 2.30. The van der Waals surface area contributed by atoms with E-state index in [1.807, 2.05) is 6.07 Å². The molecule has 4 heteroatoms. The summed E-state index contributed by atoms with van der Waals surface area (Å²) < 4.78 is 13.2. The zero-order chi connectivity index (χ0) is 14.8. The molecule has 2 aliphatic heterocycles. The summed E-state index contributed by atoms with van der Waals surface area (Å²) in [6.07, 6.45) is 5.16. The lowest BCUT2D eigenvalue weighted by molar-refractivity contribution is 0.126. The number of piperidine rings is 1. The molecular formula is C17H24ClFN2. The van der Waals surface area contributed by atoms with Crippen LogP contribution in [-0.2, 0) is 0 Å². The molecule has 0 radical (unpaired) electrons. The SMILES string of the molecule is CC(c1ccc(F)cc1Cl)N1CCC(C2CCCN2)CC1. The van der Waals surface area contributed by atoms with Crippen molar-refractivity contribution in [2.75, 3.05) is 19.6 Å². The molecule has 3 rings (SSSR count). The van der Waals surface area contributed by atoms with Gasteiger partial charge in [0.15, 0.2) is 0 Å². The molecule has 0 saturated carbocycles. The van der Waals surface area contributed by atoms with E-state index in [1.165, 1.54) is 44.4 Å². The van der Waals surface area contributed by atoms with Gasteiger partial charge in [0.1, 0.15) is 5.82 Å². The summed E-state index contributed by atoms with van der Waals surface area (Å²) in [4.78, 5) is 2.48. The molecule has 0 aromatic heterocycles. The summed E-state index contributed by atoms with van der Waals surface area (Å²) in [7, 11) is 0. The van der Waals surface area contributed by atoms with E-state index in [0.29, 0.717) is 5.02 Å². The van der Waals surface area contributed by atoms with Crippen molar-refractivity contribution in [1.29, 1.82) is 0 Å². The Kier molecular flexibility index (Phi) is 4.82. The number of nitrogens with zero attached hydrogens (tertiary/aromatic N) is 1. The van der Waals surface area contributed by atoms with Gasteiger partial charge in [-0.25, -0.2) is 4.39 Å². The second kappa shape index (κ2) is 6.64. The maximum Gasteiger partial charge on any atom is 0.124 e. The van der Waals surface area contributed by atoms with Crippen molar-refractivity contribution in [3.05, 3.63) is 34.6 Å². The van der Waals surface area contributed by atoms with E-state index in [9.17, 15) is 4.39 Å². The Bertz CT molecular complexity index is 480.